The Hall–Kier alpha value is -4.24. The van der Waals surface area contributed by atoms with E-state index in [1.54, 1.807) is 0 Å². The third-order valence-electron chi connectivity index (χ3n) is 7.63. The lowest BCUT2D eigenvalue weighted by Gasteiger charge is -2.28. The standard InChI is InChI=1S/C35H33N3/c1-25-23-30(27-13-9-10-14-27)24-26(2)35(25)38(33-21-11-19-31(36-33)28-15-5-3-6-16-28)34-22-12-20-32(37-34)29-17-7-4-8-18-29/h3-8,11-12,15-24,27H,9-10,13-14H2,1-2H3. The van der Waals surface area contributed by atoms with Crippen molar-refractivity contribution in [2.75, 3.05) is 4.90 Å². The van der Waals surface area contributed by atoms with Crippen molar-refractivity contribution in [3.8, 4) is 22.5 Å². The molecule has 0 radical (unpaired) electrons. The van der Waals surface area contributed by atoms with Gasteiger partial charge in [0.15, 0.2) is 0 Å². The maximum atomic E-state index is 5.17. The molecular formula is C35H33N3. The monoisotopic (exact) mass is 495 g/mol. The van der Waals surface area contributed by atoms with Crippen LogP contribution in [-0.4, -0.2) is 9.97 Å². The summed E-state index contributed by atoms with van der Waals surface area (Å²) in [7, 11) is 0. The molecule has 0 spiro atoms. The maximum absolute atomic E-state index is 5.17. The van der Waals surface area contributed by atoms with E-state index in [0.717, 1.165) is 39.8 Å². The van der Waals surface area contributed by atoms with Crippen LogP contribution < -0.4 is 4.90 Å². The van der Waals surface area contributed by atoms with Crippen LogP contribution >= 0.6 is 0 Å². The first-order chi connectivity index (χ1) is 18.7. The zero-order chi connectivity index (χ0) is 25.9. The van der Waals surface area contributed by atoms with Crippen molar-refractivity contribution in [2.45, 2.75) is 45.4 Å². The number of aryl methyl sites for hydroxylation is 2. The topological polar surface area (TPSA) is 29.0 Å². The van der Waals surface area contributed by atoms with Gasteiger partial charge in [0.05, 0.1) is 17.1 Å². The molecule has 1 aliphatic carbocycles. The molecule has 3 nitrogen and oxygen atoms in total. The average molecular weight is 496 g/mol. The van der Waals surface area contributed by atoms with Gasteiger partial charge in [0, 0.05) is 11.1 Å². The van der Waals surface area contributed by atoms with Crippen LogP contribution in [0.5, 0.6) is 0 Å². The van der Waals surface area contributed by atoms with Crippen LogP contribution in [0.1, 0.15) is 48.3 Å². The number of hydrogen-bond donors (Lipinski definition) is 0. The number of aromatic nitrogens is 2. The summed E-state index contributed by atoms with van der Waals surface area (Å²) in [6.07, 6.45) is 5.26. The lowest BCUT2D eigenvalue weighted by molar-refractivity contribution is 0.721. The van der Waals surface area contributed by atoms with Gasteiger partial charge in [-0.05, 0) is 73.6 Å². The fraction of sp³-hybridized carbons (Fsp3) is 0.200. The molecule has 6 rings (SSSR count). The molecule has 0 unspecified atom stereocenters. The summed E-state index contributed by atoms with van der Waals surface area (Å²) in [4.78, 5) is 12.6. The lowest BCUT2D eigenvalue weighted by atomic mass is 9.93. The number of nitrogens with zero attached hydrogens (tertiary/aromatic N) is 3. The molecule has 0 amide bonds. The van der Waals surface area contributed by atoms with Gasteiger partial charge in [-0.25, -0.2) is 9.97 Å². The SMILES string of the molecule is Cc1cc(C2CCCC2)cc(C)c1N(c1cccc(-c2ccccc2)n1)c1cccc(-c2ccccc2)n1. The largest absolute Gasteiger partial charge is 0.278 e. The summed E-state index contributed by atoms with van der Waals surface area (Å²) in [6, 6.07) is 38.1. The number of benzene rings is 3. The molecule has 0 aliphatic heterocycles. The Kier molecular flexibility index (Phi) is 6.75. The first kappa shape index (κ1) is 24.1. The van der Waals surface area contributed by atoms with E-state index >= 15 is 0 Å². The van der Waals surface area contributed by atoms with Gasteiger partial charge in [0.2, 0.25) is 0 Å². The minimum Gasteiger partial charge on any atom is -0.278 e. The van der Waals surface area contributed by atoms with E-state index in [0.29, 0.717) is 5.92 Å². The molecule has 0 N–H and O–H groups in total. The second kappa shape index (κ2) is 10.6. The highest BCUT2D eigenvalue weighted by Gasteiger charge is 2.23. The van der Waals surface area contributed by atoms with E-state index in [9.17, 15) is 0 Å². The Morgan fingerprint density at radius 2 is 1.05 bits per heavy atom. The van der Waals surface area contributed by atoms with Crippen LogP contribution in [0.25, 0.3) is 22.5 Å². The average Bonchev–Trinajstić information content (AvgIpc) is 3.51. The molecule has 2 aromatic heterocycles. The molecule has 0 saturated heterocycles. The van der Waals surface area contributed by atoms with Crippen molar-refractivity contribution in [1.82, 2.24) is 9.97 Å². The van der Waals surface area contributed by atoms with Gasteiger partial charge >= 0.3 is 0 Å². The van der Waals surface area contributed by atoms with Crippen LogP contribution in [-0.2, 0) is 0 Å². The molecule has 0 bridgehead atoms. The minimum atomic E-state index is 0.675. The van der Waals surface area contributed by atoms with Gasteiger partial charge < -0.3 is 0 Å². The van der Waals surface area contributed by atoms with Gasteiger partial charge in [-0.3, -0.25) is 4.90 Å². The van der Waals surface area contributed by atoms with Gasteiger partial charge in [-0.15, -0.1) is 0 Å². The fourth-order valence-corrected chi connectivity index (χ4v) is 5.82. The van der Waals surface area contributed by atoms with Crippen molar-refractivity contribution >= 4 is 17.3 Å². The van der Waals surface area contributed by atoms with Crippen LogP contribution in [0.3, 0.4) is 0 Å². The normalized spacial score (nSPS) is 13.5. The summed E-state index contributed by atoms with van der Waals surface area (Å²) < 4.78 is 0. The Morgan fingerprint density at radius 3 is 1.53 bits per heavy atom. The molecule has 1 fully saturated rings. The molecule has 38 heavy (non-hydrogen) atoms. The van der Waals surface area contributed by atoms with Gasteiger partial charge in [0.25, 0.3) is 0 Å². The van der Waals surface area contributed by atoms with Gasteiger partial charge in [0.1, 0.15) is 11.6 Å². The van der Waals surface area contributed by atoms with E-state index in [2.05, 4.69) is 116 Å². The highest BCUT2D eigenvalue weighted by Crippen LogP contribution is 2.42. The first-order valence-corrected chi connectivity index (χ1v) is 13.6. The number of anilines is 3. The van der Waals surface area contributed by atoms with Crippen LogP contribution in [0.2, 0.25) is 0 Å². The number of rotatable bonds is 6. The summed E-state index contributed by atoms with van der Waals surface area (Å²) in [5, 5.41) is 0. The maximum Gasteiger partial charge on any atom is 0.139 e. The molecule has 1 saturated carbocycles. The predicted octanol–water partition coefficient (Wildman–Crippen LogP) is 9.55. The molecular weight excluding hydrogens is 462 g/mol. The van der Waals surface area contributed by atoms with Crippen molar-refractivity contribution in [3.05, 3.63) is 126 Å². The smallest absolute Gasteiger partial charge is 0.139 e. The molecule has 3 heteroatoms. The summed E-state index contributed by atoms with van der Waals surface area (Å²) in [5.41, 5.74) is 9.24. The van der Waals surface area contributed by atoms with Crippen LogP contribution in [0.15, 0.2) is 109 Å². The fourth-order valence-electron chi connectivity index (χ4n) is 5.82. The van der Waals surface area contributed by atoms with Crippen molar-refractivity contribution < 1.29 is 0 Å². The summed E-state index contributed by atoms with van der Waals surface area (Å²) >= 11 is 0. The Labute approximate surface area is 225 Å². The molecule has 0 atom stereocenters. The Morgan fingerprint density at radius 1 is 0.579 bits per heavy atom. The third-order valence-corrected chi connectivity index (χ3v) is 7.63. The first-order valence-electron chi connectivity index (χ1n) is 13.6. The van der Waals surface area contributed by atoms with Gasteiger partial charge in [-0.2, -0.15) is 0 Å². The number of pyridine rings is 2. The van der Waals surface area contributed by atoms with Crippen LogP contribution in [0, 0.1) is 13.8 Å². The number of hydrogen-bond acceptors (Lipinski definition) is 3. The lowest BCUT2D eigenvalue weighted by Crippen LogP contribution is -2.16. The molecule has 3 aromatic carbocycles. The van der Waals surface area contributed by atoms with Crippen molar-refractivity contribution in [2.24, 2.45) is 0 Å². The van der Waals surface area contributed by atoms with E-state index < -0.39 is 0 Å². The second-order valence-corrected chi connectivity index (χ2v) is 10.3. The highest BCUT2D eigenvalue weighted by atomic mass is 15.2. The van der Waals surface area contributed by atoms with E-state index in [-0.39, 0.29) is 0 Å². The Bertz CT molecular complexity index is 1430. The highest BCUT2D eigenvalue weighted by molar-refractivity contribution is 5.79. The van der Waals surface area contributed by atoms with E-state index in [1.807, 2.05) is 12.1 Å². The van der Waals surface area contributed by atoms with Gasteiger partial charge in [-0.1, -0.05) is 97.8 Å². The second-order valence-electron chi connectivity index (χ2n) is 10.3. The minimum absolute atomic E-state index is 0.675. The predicted molar refractivity (Wildman–Crippen MR) is 158 cm³/mol. The molecule has 188 valence electrons. The quantitative estimate of drug-likeness (QED) is 0.235. The molecule has 2 heterocycles. The van der Waals surface area contributed by atoms with Crippen molar-refractivity contribution in [1.29, 1.82) is 0 Å². The molecule has 5 aromatic rings. The van der Waals surface area contributed by atoms with E-state index in [4.69, 9.17) is 9.97 Å². The van der Waals surface area contributed by atoms with Crippen LogP contribution in [0.4, 0.5) is 17.3 Å². The Balaban J connectivity index is 1.51. The zero-order valence-electron chi connectivity index (χ0n) is 22.1. The molecule has 1 aliphatic rings. The zero-order valence-corrected chi connectivity index (χ0v) is 22.1. The van der Waals surface area contributed by atoms with Crippen molar-refractivity contribution in [3.63, 3.8) is 0 Å². The summed E-state index contributed by atoms with van der Waals surface area (Å²) in [6.45, 7) is 4.46. The summed E-state index contributed by atoms with van der Waals surface area (Å²) in [5.74, 6) is 2.40. The third kappa shape index (κ3) is 4.84. The van der Waals surface area contributed by atoms with E-state index in [1.165, 1.54) is 42.4 Å².